The van der Waals surface area contributed by atoms with Crippen LogP contribution in [0.5, 0.6) is 0 Å². The monoisotopic (exact) mass is 113 g/mol. The third kappa shape index (κ3) is 1.48. The fourth-order valence-corrected chi connectivity index (χ4v) is 1.18. The van der Waals surface area contributed by atoms with E-state index >= 15 is 0 Å². The van der Waals surface area contributed by atoms with Crippen molar-refractivity contribution >= 4 is 0 Å². The summed E-state index contributed by atoms with van der Waals surface area (Å²) in [5.74, 6) is 2.06. The first kappa shape index (κ1) is 6.09. The molecule has 0 saturated heterocycles. The average molecular weight is 113 g/mol. The lowest BCUT2D eigenvalue weighted by Gasteiger charge is -1.91. The van der Waals surface area contributed by atoms with Gasteiger partial charge in [0.2, 0.25) is 0 Å². The Kier molecular flexibility index (Phi) is 1.90. The second kappa shape index (κ2) is 2.49. The van der Waals surface area contributed by atoms with Crippen molar-refractivity contribution in [2.24, 2.45) is 17.6 Å². The van der Waals surface area contributed by atoms with Crippen LogP contribution in [-0.4, -0.2) is 6.54 Å². The molecule has 1 aliphatic rings. The van der Waals surface area contributed by atoms with E-state index in [4.69, 9.17) is 5.73 Å². The first-order valence-electron chi connectivity index (χ1n) is 3.54. The summed E-state index contributed by atoms with van der Waals surface area (Å²) in [4.78, 5) is 0. The lowest BCUT2D eigenvalue weighted by molar-refractivity contribution is 0.636. The average Bonchev–Trinajstić information content (AvgIpc) is 2.42. The molecule has 0 radical (unpaired) electrons. The van der Waals surface area contributed by atoms with E-state index < -0.39 is 0 Å². The molecule has 1 saturated carbocycles. The van der Waals surface area contributed by atoms with E-state index in [0.717, 1.165) is 18.4 Å². The molecule has 2 unspecified atom stereocenters. The highest BCUT2D eigenvalue weighted by Crippen LogP contribution is 2.40. The highest BCUT2D eigenvalue weighted by Gasteiger charge is 2.30. The molecule has 0 heterocycles. The van der Waals surface area contributed by atoms with Gasteiger partial charge in [-0.2, -0.15) is 0 Å². The zero-order valence-electron chi connectivity index (χ0n) is 5.56. The highest BCUT2D eigenvalue weighted by molar-refractivity contribution is 4.81. The predicted molar refractivity (Wildman–Crippen MR) is 35.6 cm³/mol. The highest BCUT2D eigenvalue weighted by atomic mass is 14.5. The molecule has 1 aliphatic carbocycles. The van der Waals surface area contributed by atoms with E-state index in [0.29, 0.717) is 0 Å². The van der Waals surface area contributed by atoms with Crippen LogP contribution >= 0.6 is 0 Å². The third-order valence-electron chi connectivity index (χ3n) is 2.06. The Morgan fingerprint density at radius 1 is 1.62 bits per heavy atom. The topological polar surface area (TPSA) is 26.0 Å². The van der Waals surface area contributed by atoms with Crippen LogP contribution < -0.4 is 5.73 Å². The first-order valence-corrected chi connectivity index (χ1v) is 3.54. The van der Waals surface area contributed by atoms with Gasteiger partial charge in [0.25, 0.3) is 0 Å². The van der Waals surface area contributed by atoms with Gasteiger partial charge in [0.15, 0.2) is 0 Å². The molecule has 48 valence electrons. The molecule has 1 fully saturated rings. The minimum absolute atomic E-state index is 0.878. The van der Waals surface area contributed by atoms with Crippen LogP contribution in [-0.2, 0) is 0 Å². The lowest BCUT2D eigenvalue weighted by atomic mass is 10.2. The maximum Gasteiger partial charge on any atom is -0.00772 e. The number of nitrogens with two attached hydrogens (primary N) is 1. The van der Waals surface area contributed by atoms with Gasteiger partial charge in [0.1, 0.15) is 0 Å². The lowest BCUT2D eigenvalue weighted by Crippen LogP contribution is -1.98. The van der Waals surface area contributed by atoms with Gasteiger partial charge in [-0.1, -0.05) is 6.92 Å². The van der Waals surface area contributed by atoms with Crippen molar-refractivity contribution < 1.29 is 0 Å². The van der Waals surface area contributed by atoms with Crippen LogP contribution in [0.2, 0.25) is 0 Å². The minimum atomic E-state index is 0.878. The minimum Gasteiger partial charge on any atom is -0.330 e. The predicted octanol–water partition coefficient (Wildman–Crippen LogP) is 1.38. The molecule has 0 amide bonds. The maximum absolute atomic E-state index is 5.35. The van der Waals surface area contributed by atoms with E-state index in [9.17, 15) is 0 Å². The Hall–Kier alpha value is -0.0400. The number of hydrogen-bond acceptors (Lipinski definition) is 1. The smallest absolute Gasteiger partial charge is 0.00772 e. The molecular weight excluding hydrogens is 98.1 g/mol. The zero-order valence-corrected chi connectivity index (χ0v) is 5.56. The standard InChI is InChI=1S/C7H15N/c1-6-5-7(6)3-2-4-8/h6-7H,2-5,8H2,1H3. The molecule has 2 N–H and O–H groups in total. The largest absolute Gasteiger partial charge is 0.330 e. The van der Waals surface area contributed by atoms with E-state index in [-0.39, 0.29) is 0 Å². The molecule has 1 rings (SSSR count). The van der Waals surface area contributed by atoms with Gasteiger partial charge in [-0.15, -0.1) is 0 Å². The molecule has 0 spiro atoms. The first-order chi connectivity index (χ1) is 3.84. The Balaban J connectivity index is 1.89. The van der Waals surface area contributed by atoms with Crippen LogP contribution in [0.25, 0.3) is 0 Å². The summed E-state index contributed by atoms with van der Waals surface area (Å²) in [5.41, 5.74) is 5.35. The maximum atomic E-state index is 5.35. The van der Waals surface area contributed by atoms with Gasteiger partial charge in [-0.05, 0) is 37.6 Å². The Labute approximate surface area is 51.3 Å². The zero-order chi connectivity index (χ0) is 5.98. The molecule has 0 aromatic heterocycles. The van der Waals surface area contributed by atoms with Crippen molar-refractivity contribution in [3.8, 4) is 0 Å². The molecule has 1 nitrogen and oxygen atoms in total. The normalized spacial score (nSPS) is 35.2. The van der Waals surface area contributed by atoms with Gasteiger partial charge >= 0.3 is 0 Å². The van der Waals surface area contributed by atoms with Gasteiger partial charge in [-0.25, -0.2) is 0 Å². The van der Waals surface area contributed by atoms with Crippen molar-refractivity contribution in [2.45, 2.75) is 26.2 Å². The summed E-state index contributed by atoms with van der Waals surface area (Å²) in [6.45, 7) is 3.20. The third-order valence-corrected chi connectivity index (χ3v) is 2.06. The summed E-state index contributed by atoms with van der Waals surface area (Å²) >= 11 is 0. The number of hydrogen-bond donors (Lipinski definition) is 1. The fourth-order valence-electron chi connectivity index (χ4n) is 1.18. The van der Waals surface area contributed by atoms with Crippen molar-refractivity contribution in [2.75, 3.05) is 6.54 Å². The molecule has 0 aromatic rings. The summed E-state index contributed by atoms with van der Waals surface area (Å²) in [5, 5.41) is 0. The molecular formula is C7H15N. The Morgan fingerprint density at radius 3 is 2.62 bits per heavy atom. The molecule has 1 heteroatoms. The van der Waals surface area contributed by atoms with Crippen molar-refractivity contribution in [3.63, 3.8) is 0 Å². The van der Waals surface area contributed by atoms with E-state index in [1.807, 2.05) is 0 Å². The second-order valence-corrected chi connectivity index (χ2v) is 2.90. The SMILES string of the molecule is CC1CC1CCCN. The summed E-state index contributed by atoms with van der Waals surface area (Å²) in [7, 11) is 0. The molecule has 2 atom stereocenters. The van der Waals surface area contributed by atoms with Crippen LogP contribution in [0.3, 0.4) is 0 Å². The summed E-state index contributed by atoms with van der Waals surface area (Å²) in [6, 6.07) is 0. The molecule has 8 heavy (non-hydrogen) atoms. The molecule has 0 aromatic carbocycles. The van der Waals surface area contributed by atoms with Crippen molar-refractivity contribution in [1.29, 1.82) is 0 Å². The molecule has 0 bridgehead atoms. The van der Waals surface area contributed by atoms with Crippen molar-refractivity contribution in [1.82, 2.24) is 0 Å². The summed E-state index contributed by atoms with van der Waals surface area (Å²) in [6.07, 6.45) is 4.06. The number of rotatable bonds is 3. The van der Waals surface area contributed by atoms with Crippen LogP contribution in [0.4, 0.5) is 0 Å². The van der Waals surface area contributed by atoms with Gasteiger partial charge in [0, 0.05) is 0 Å². The van der Waals surface area contributed by atoms with E-state index in [1.165, 1.54) is 19.3 Å². The molecule has 0 aliphatic heterocycles. The van der Waals surface area contributed by atoms with Gasteiger partial charge in [-0.3, -0.25) is 0 Å². The summed E-state index contributed by atoms with van der Waals surface area (Å²) < 4.78 is 0. The van der Waals surface area contributed by atoms with E-state index in [2.05, 4.69) is 6.92 Å². The van der Waals surface area contributed by atoms with Gasteiger partial charge < -0.3 is 5.73 Å². The van der Waals surface area contributed by atoms with E-state index in [1.54, 1.807) is 0 Å². The van der Waals surface area contributed by atoms with Crippen LogP contribution in [0.1, 0.15) is 26.2 Å². The fraction of sp³-hybridized carbons (Fsp3) is 1.00. The van der Waals surface area contributed by atoms with Crippen LogP contribution in [0, 0.1) is 11.8 Å². The van der Waals surface area contributed by atoms with Crippen molar-refractivity contribution in [3.05, 3.63) is 0 Å². The van der Waals surface area contributed by atoms with Crippen LogP contribution in [0.15, 0.2) is 0 Å². The quantitative estimate of drug-likeness (QED) is 0.588. The van der Waals surface area contributed by atoms with Gasteiger partial charge in [0.05, 0.1) is 0 Å². The second-order valence-electron chi connectivity index (χ2n) is 2.90. The Bertz CT molecular complexity index is 70.8. The Morgan fingerprint density at radius 2 is 2.25 bits per heavy atom.